The number of carbonyl (C=O) groups excluding carboxylic acids is 2. The summed E-state index contributed by atoms with van der Waals surface area (Å²) < 4.78 is 16.4. The standard InChI is InChI=1S/C25H26N2O5/c1-2-16-31-21-12-8-19(9-13-21)26-24(28)17-30-18-25(29)27-20-10-14-23(15-11-20)32-22-6-4-3-5-7-22/h3-15H,2,16-18H2,1H3,(H,26,28)(H,27,29). The van der Waals surface area contributed by atoms with Crippen LogP contribution in [-0.2, 0) is 14.3 Å². The molecule has 0 aliphatic heterocycles. The Morgan fingerprint density at radius 3 is 1.72 bits per heavy atom. The Bertz CT molecular complexity index is 989. The molecule has 0 aromatic heterocycles. The fraction of sp³-hybridized carbons (Fsp3) is 0.200. The Labute approximate surface area is 187 Å². The molecule has 0 saturated heterocycles. The van der Waals surface area contributed by atoms with Crippen molar-refractivity contribution in [3.8, 4) is 17.2 Å². The number of nitrogens with one attached hydrogen (secondary N) is 2. The van der Waals surface area contributed by atoms with E-state index in [0.29, 0.717) is 23.7 Å². The average molecular weight is 434 g/mol. The van der Waals surface area contributed by atoms with Crippen LogP contribution in [-0.4, -0.2) is 31.6 Å². The number of anilines is 2. The van der Waals surface area contributed by atoms with Crippen LogP contribution in [0.2, 0.25) is 0 Å². The van der Waals surface area contributed by atoms with Gasteiger partial charge in [-0.3, -0.25) is 9.59 Å². The number of hydrogen-bond acceptors (Lipinski definition) is 5. The van der Waals surface area contributed by atoms with Crippen molar-refractivity contribution in [2.75, 3.05) is 30.5 Å². The van der Waals surface area contributed by atoms with Gasteiger partial charge in [0.05, 0.1) is 6.61 Å². The topological polar surface area (TPSA) is 85.9 Å². The maximum Gasteiger partial charge on any atom is 0.250 e. The molecule has 0 spiro atoms. The molecule has 0 aliphatic rings. The molecule has 0 radical (unpaired) electrons. The lowest BCUT2D eigenvalue weighted by Crippen LogP contribution is -2.23. The molecule has 0 unspecified atom stereocenters. The fourth-order valence-corrected chi connectivity index (χ4v) is 2.72. The van der Waals surface area contributed by atoms with E-state index >= 15 is 0 Å². The Kier molecular flexibility index (Phi) is 8.65. The van der Waals surface area contributed by atoms with Crippen molar-refractivity contribution in [1.82, 2.24) is 0 Å². The Morgan fingerprint density at radius 1 is 0.688 bits per heavy atom. The number of carbonyl (C=O) groups is 2. The molecule has 3 aromatic carbocycles. The maximum atomic E-state index is 12.0. The highest BCUT2D eigenvalue weighted by molar-refractivity contribution is 5.93. The SMILES string of the molecule is CCCOc1ccc(NC(=O)COCC(=O)Nc2ccc(Oc3ccccc3)cc2)cc1. The van der Waals surface area contributed by atoms with Crippen molar-refractivity contribution in [2.45, 2.75) is 13.3 Å². The monoisotopic (exact) mass is 434 g/mol. The molecule has 3 aromatic rings. The van der Waals surface area contributed by atoms with Gasteiger partial charge < -0.3 is 24.8 Å². The van der Waals surface area contributed by atoms with Gasteiger partial charge in [0.2, 0.25) is 11.8 Å². The largest absolute Gasteiger partial charge is 0.494 e. The molecule has 0 fully saturated rings. The van der Waals surface area contributed by atoms with Crippen LogP contribution in [0, 0.1) is 0 Å². The molecular weight excluding hydrogens is 408 g/mol. The third kappa shape index (κ3) is 7.77. The zero-order valence-electron chi connectivity index (χ0n) is 17.9. The van der Waals surface area contributed by atoms with Gasteiger partial charge in [0.1, 0.15) is 30.5 Å². The molecule has 7 heteroatoms. The minimum absolute atomic E-state index is 0.231. The van der Waals surface area contributed by atoms with Crippen molar-refractivity contribution >= 4 is 23.2 Å². The first kappa shape index (κ1) is 22.8. The lowest BCUT2D eigenvalue weighted by molar-refractivity contribution is -0.125. The van der Waals surface area contributed by atoms with Crippen LogP contribution in [0.1, 0.15) is 13.3 Å². The van der Waals surface area contributed by atoms with Gasteiger partial charge in [0.15, 0.2) is 0 Å². The molecule has 166 valence electrons. The minimum atomic E-state index is -0.355. The van der Waals surface area contributed by atoms with Crippen LogP contribution in [0.25, 0.3) is 0 Å². The summed E-state index contributed by atoms with van der Waals surface area (Å²) in [5, 5.41) is 5.42. The molecule has 0 atom stereocenters. The minimum Gasteiger partial charge on any atom is -0.494 e. The zero-order valence-corrected chi connectivity index (χ0v) is 17.9. The summed E-state index contributed by atoms with van der Waals surface area (Å²) in [4.78, 5) is 24.0. The Morgan fingerprint density at radius 2 is 1.19 bits per heavy atom. The highest BCUT2D eigenvalue weighted by Crippen LogP contribution is 2.22. The normalized spacial score (nSPS) is 10.3. The number of benzene rings is 3. The molecule has 0 heterocycles. The van der Waals surface area contributed by atoms with Crippen LogP contribution in [0.4, 0.5) is 11.4 Å². The van der Waals surface area contributed by atoms with Gasteiger partial charge in [0, 0.05) is 11.4 Å². The first-order chi connectivity index (χ1) is 15.6. The lowest BCUT2D eigenvalue weighted by Gasteiger charge is -2.09. The quantitative estimate of drug-likeness (QED) is 0.450. The van der Waals surface area contributed by atoms with E-state index < -0.39 is 0 Å². The van der Waals surface area contributed by atoms with Crippen molar-refractivity contribution in [3.63, 3.8) is 0 Å². The summed E-state index contributed by atoms with van der Waals surface area (Å²) in [6.45, 7) is 2.21. The second-order valence-electron chi connectivity index (χ2n) is 6.90. The van der Waals surface area contributed by atoms with E-state index in [-0.39, 0.29) is 25.0 Å². The van der Waals surface area contributed by atoms with Crippen molar-refractivity contribution < 1.29 is 23.8 Å². The summed E-state index contributed by atoms with van der Waals surface area (Å²) in [6.07, 6.45) is 0.928. The first-order valence-electron chi connectivity index (χ1n) is 10.4. The molecule has 2 N–H and O–H groups in total. The number of amides is 2. The highest BCUT2D eigenvalue weighted by atomic mass is 16.5. The highest BCUT2D eigenvalue weighted by Gasteiger charge is 2.07. The van der Waals surface area contributed by atoms with Gasteiger partial charge in [-0.05, 0) is 67.1 Å². The summed E-state index contributed by atoms with van der Waals surface area (Å²) in [5.74, 6) is 1.44. The summed E-state index contributed by atoms with van der Waals surface area (Å²) in [6, 6.07) is 23.5. The second kappa shape index (κ2) is 12.1. The average Bonchev–Trinajstić information content (AvgIpc) is 2.80. The van der Waals surface area contributed by atoms with E-state index in [9.17, 15) is 9.59 Å². The molecule has 2 amide bonds. The zero-order chi connectivity index (χ0) is 22.6. The van der Waals surface area contributed by atoms with Crippen LogP contribution >= 0.6 is 0 Å². The Hall–Kier alpha value is -3.84. The maximum absolute atomic E-state index is 12.0. The molecule has 32 heavy (non-hydrogen) atoms. The molecule has 0 aliphatic carbocycles. The van der Waals surface area contributed by atoms with E-state index in [1.54, 1.807) is 48.5 Å². The summed E-state index contributed by atoms with van der Waals surface area (Å²) >= 11 is 0. The van der Waals surface area contributed by atoms with Gasteiger partial charge in [0.25, 0.3) is 0 Å². The van der Waals surface area contributed by atoms with Crippen LogP contribution < -0.4 is 20.1 Å². The summed E-state index contributed by atoms with van der Waals surface area (Å²) in [7, 11) is 0. The van der Waals surface area contributed by atoms with Crippen molar-refractivity contribution in [3.05, 3.63) is 78.9 Å². The number of rotatable bonds is 11. The number of para-hydroxylation sites is 1. The van der Waals surface area contributed by atoms with E-state index in [4.69, 9.17) is 14.2 Å². The van der Waals surface area contributed by atoms with Crippen molar-refractivity contribution in [1.29, 1.82) is 0 Å². The molecule has 7 nitrogen and oxygen atoms in total. The van der Waals surface area contributed by atoms with Gasteiger partial charge >= 0.3 is 0 Å². The summed E-state index contributed by atoms with van der Waals surface area (Å²) in [5.41, 5.74) is 1.23. The van der Waals surface area contributed by atoms with Crippen LogP contribution in [0.5, 0.6) is 17.2 Å². The third-order valence-corrected chi connectivity index (χ3v) is 4.19. The molecule has 0 bridgehead atoms. The van der Waals surface area contributed by atoms with Gasteiger partial charge in [-0.15, -0.1) is 0 Å². The second-order valence-corrected chi connectivity index (χ2v) is 6.90. The van der Waals surface area contributed by atoms with Crippen LogP contribution in [0.3, 0.4) is 0 Å². The molecule has 3 rings (SSSR count). The fourth-order valence-electron chi connectivity index (χ4n) is 2.72. The van der Waals surface area contributed by atoms with E-state index in [1.165, 1.54) is 0 Å². The molecule has 0 saturated carbocycles. The Balaban J connectivity index is 1.36. The number of ether oxygens (including phenoxy) is 3. The first-order valence-corrected chi connectivity index (χ1v) is 10.4. The van der Waals surface area contributed by atoms with E-state index in [0.717, 1.165) is 17.9 Å². The lowest BCUT2D eigenvalue weighted by atomic mass is 10.3. The predicted octanol–water partition coefficient (Wildman–Crippen LogP) is 4.86. The van der Waals surface area contributed by atoms with E-state index in [1.807, 2.05) is 37.3 Å². The van der Waals surface area contributed by atoms with Crippen LogP contribution in [0.15, 0.2) is 78.9 Å². The number of hydrogen-bond donors (Lipinski definition) is 2. The third-order valence-electron chi connectivity index (χ3n) is 4.19. The van der Waals surface area contributed by atoms with Gasteiger partial charge in [-0.1, -0.05) is 25.1 Å². The predicted molar refractivity (Wildman–Crippen MR) is 123 cm³/mol. The van der Waals surface area contributed by atoms with Gasteiger partial charge in [-0.2, -0.15) is 0 Å². The van der Waals surface area contributed by atoms with E-state index in [2.05, 4.69) is 10.6 Å². The van der Waals surface area contributed by atoms with Crippen molar-refractivity contribution in [2.24, 2.45) is 0 Å². The molecular formula is C25H26N2O5. The van der Waals surface area contributed by atoms with Gasteiger partial charge in [-0.25, -0.2) is 0 Å². The smallest absolute Gasteiger partial charge is 0.250 e.